The van der Waals surface area contributed by atoms with Crippen molar-refractivity contribution < 1.29 is 9.90 Å². The van der Waals surface area contributed by atoms with Crippen LogP contribution in [0, 0.1) is 5.41 Å². The predicted octanol–water partition coefficient (Wildman–Crippen LogP) is 1.12. The van der Waals surface area contributed by atoms with Gasteiger partial charge < -0.3 is 15.7 Å². The molecule has 0 radical (unpaired) electrons. The van der Waals surface area contributed by atoms with Crippen molar-refractivity contribution in [3.8, 4) is 0 Å². The molecule has 0 bridgehead atoms. The SMILES string of the molecule is CCC1(O)CN(C(=O)CC(N)CC(C)(C)C)C1. The number of hydrogen-bond donors (Lipinski definition) is 2. The third-order valence-corrected chi connectivity index (χ3v) is 3.29. The Morgan fingerprint density at radius 3 is 2.41 bits per heavy atom. The van der Waals surface area contributed by atoms with E-state index in [-0.39, 0.29) is 17.4 Å². The predicted molar refractivity (Wildman–Crippen MR) is 68.5 cm³/mol. The van der Waals surface area contributed by atoms with E-state index in [1.807, 2.05) is 6.92 Å². The summed E-state index contributed by atoms with van der Waals surface area (Å²) < 4.78 is 0. The first kappa shape index (κ1) is 14.5. The molecule has 1 rings (SSSR count). The van der Waals surface area contributed by atoms with Gasteiger partial charge in [0.2, 0.25) is 5.91 Å². The van der Waals surface area contributed by atoms with Gasteiger partial charge in [-0.15, -0.1) is 0 Å². The Kier molecular flexibility index (Phi) is 4.20. The Labute approximate surface area is 104 Å². The van der Waals surface area contributed by atoms with Crippen LogP contribution in [-0.4, -0.2) is 40.6 Å². The molecule has 0 aliphatic carbocycles. The number of rotatable bonds is 4. The van der Waals surface area contributed by atoms with Gasteiger partial charge in [0.25, 0.3) is 0 Å². The minimum Gasteiger partial charge on any atom is -0.386 e. The second-order valence-corrected chi connectivity index (χ2v) is 6.56. The highest BCUT2D eigenvalue weighted by Crippen LogP contribution is 2.26. The van der Waals surface area contributed by atoms with Crippen molar-refractivity contribution >= 4 is 5.91 Å². The van der Waals surface area contributed by atoms with Crippen LogP contribution in [0.3, 0.4) is 0 Å². The van der Waals surface area contributed by atoms with Gasteiger partial charge in [-0.25, -0.2) is 0 Å². The summed E-state index contributed by atoms with van der Waals surface area (Å²) in [5.41, 5.74) is 5.47. The molecule has 100 valence electrons. The highest BCUT2D eigenvalue weighted by molar-refractivity contribution is 5.78. The van der Waals surface area contributed by atoms with Crippen LogP contribution in [-0.2, 0) is 4.79 Å². The standard InChI is InChI=1S/C13H26N2O2/c1-5-13(17)8-15(9-13)11(16)6-10(14)7-12(2,3)4/h10,17H,5-9,14H2,1-4H3. The maximum absolute atomic E-state index is 11.9. The minimum absolute atomic E-state index is 0.0693. The molecule has 3 N–H and O–H groups in total. The van der Waals surface area contributed by atoms with E-state index in [1.54, 1.807) is 4.90 Å². The van der Waals surface area contributed by atoms with Crippen molar-refractivity contribution in [3.63, 3.8) is 0 Å². The fourth-order valence-corrected chi connectivity index (χ4v) is 2.28. The number of hydrogen-bond acceptors (Lipinski definition) is 3. The monoisotopic (exact) mass is 242 g/mol. The lowest BCUT2D eigenvalue weighted by molar-refractivity contribution is -0.156. The first-order valence-electron chi connectivity index (χ1n) is 6.41. The number of β-amino-alcohol motifs (C(OH)–C–C–N with tert-alkyl or cyclic N) is 1. The third-order valence-electron chi connectivity index (χ3n) is 3.29. The van der Waals surface area contributed by atoms with Crippen molar-refractivity contribution in [1.82, 2.24) is 4.90 Å². The molecule has 0 aromatic heterocycles. The minimum atomic E-state index is -0.649. The van der Waals surface area contributed by atoms with Crippen LogP contribution >= 0.6 is 0 Å². The molecule has 1 amide bonds. The van der Waals surface area contributed by atoms with Crippen molar-refractivity contribution in [2.75, 3.05) is 13.1 Å². The Balaban J connectivity index is 2.32. The fourth-order valence-electron chi connectivity index (χ4n) is 2.28. The van der Waals surface area contributed by atoms with Crippen LogP contribution in [0.5, 0.6) is 0 Å². The summed E-state index contributed by atoms with van der Waals surface area (Å²) in [5.74, 6) is 0.0693. The Morgan fingerprint density at radius 2 is 2.00 bits per heavy atom. The smallest absolute Gasteiger partial charge is 0.224 e. The second-order valence-electron chi connectivity index (χ2n) is 6.56. The average Bonchev–Trinajstić information content (AvgIpc) is 2.09. The number of likely N-dealkylation sites (tertiary alicyclic amines) is 1. The van der Waals surface area contributed by atoms with E-state index >= 15 is 0 Å². The van der Waals surface area contributed by atoms with E-state index in [4.69, 9.17) is 5.73 Å². The van der Waals surface area contributed by atoms with Crippen LogP contribution < -0.4 is 5.73 Å². The molecule has 1 heterocycles. The van der Waals surface area contributed by atoms with Gasteiger partial charge in [0.05, 0.1) is 18.7 Å². The molecule has 4 nitrogen and oxygen atoms in total. The Morgan fingerprint density at radius 1 is 1.47 bits per heavy atom. The van der Waals surface area contributed by atoms with Gasteiger partial charge in [-0.05, 0) is 18.3 Å². The molecule has 1 fully saturated rings. The van der Waals surface area contributed by atoms with Gasteiger partial charge in [-0.3, -0.25) is 4.79 Å². The van der Waals surface area contributed by atoms with E-state index in [0.29, 0.717) is 25.9 Å². The number of aliphatic hydroxyl groups is 1. The molecule has 1 atom stereocenters. The number of nitrogens with two attached hydrogens (primary N) is 1. The van der Waals surface area contributed by atoms with E-state index in [1.165, 1.54) is 0 Å². The topological polar surface area (TPSA) is 66.6 Å². The van der Waals surface area contributed by atoms with E-state index in [2.05, 4.69) is 20.8 Å². The van der Waals surface area contributed by atoms with Crippen LogP contribution in [0.15, 0.2) is 0 Å². The van der Waals surface area contributed by atoms with Gasteiger partial charge in [0.15, 0.2) is 0 Å². The highest BCUT2D eigenvalue weighted by atomic mass is 16.3. The molecule has 1 saturated heterocycles. The first-order chi connectivity index (χ1) is 7.65. The van der Waals surface area contributed by atoms with Crippen LogP contribution in [0.4, 0.5) is 0 Å². The first-order valence-corrected chi connectivity index (χ1v) is 6.41. The zero-order chi connectivity index (χ0) is 13.3. The van der Waals surface area contributed by atoms with Crippen molar-refractivity contribution in [2.45, 2.75) is 58.6 Å². The second kappa shape index (κ2) is 4.94. The van der Waals surface area contributed by atoms with Gasteiger partial charge in [0, 0.05) is 12.5 Å². The van der Waals surface area contributed by atoms with Crippen LogP contribution in [0.25, 0.3) is 0 Å². The molecule has 1 unspecified atom stereocenters. The molecule has 0 saturated carbocycles. The quantitative estimate of drug-likeness (QED) is 0.776. The highest BCUT2D eigenvalue weighted by Gasteiger charge is 2.42. The zero-order valence-electron chi connectivity index (χ0n) is 11.5. The lowest BCUT2D eigenvalue weighted by Gasteiger charge is -2.46. The fraction of sp³-hybridized carbons (Fsp3) is 0.923. The summed E-state index contributed by atoms with van der Waals surface area (Å²) in [6.45, 7) is 9.23. The largest absolute Gasteiger partial charge is 0.386 e. The van der Waals surface area contributed by atoms with Crippen molar-refractivity contribution in [2.24, 2.45) is 11.1 Å². The van der Waals surface area contributed by atoms with Gasteiger partial charge >= 0.3 is 0 Å². The molecular formula is C13H26N2O2. The van der Waals surface area contributed by atoms with E-state index < -0.39 is 5.60 Å². The molecule has 1 aliphatic heterocycles. The normalized spacial score (nSPS) is 20.9. The summed E-state index contributed by atoms with van der Waals surface area (Å²) in [6.07, 6.45) is 1.92. The maximum Gasteiger partial charge on any atom is 0.224 e. The van der Waals surface area contributed by atoms with Crippen LogP contribution in [0.2, 0.25) is 0 Å². The van der Waals surface area contributed by atoms with Crippen molar-refractivity contribution in [1.29, 1.82) is 0 Å². The number of carbonyl (C=O) groups is 1. The summed E-state index contributed by atoms with van der Waals surface area (Å²) >= 11 is 0. The molecular weight excluding hydrogens is 216 g/mol. The van der Waals surface area contributed by atoms with Crippen LogP contribution in [0.1, 0.15) is 47.0 Å². The van der Waals surface area contributed by atoms with E-state index in [9.17, 15) is 9.90 Å². The molecule has 4 heteroatoms. The maximum atomic E-state index is 11.9. The van der Waals surface area contributed by atoms with Gasteiger partial charge in [-0.2, -0.15) is 0 Å². The summed E-state index contributed by atoms with van der Waals surface area (Å²) in [5, 5.41) is 9.83. The zero-order valence-corrected chi connectivity index (χ0v) is 11.5. The van der Waals surface area contributed by atoms with Crippen molar-refractivity contribution in [3.05, 3.63) is 0 Å². The molecule has 0 aromatic rings. The average molecular weight is 242 g/mol. The number of nitrogens with zero attached hydrogens (tertiary/aromatic N) is 1. The summed E-state index contributed by atoms with van der Waals surface area (Å²) in [6, 6.07) is -0.0854. The summed E-state index contributed by atoms with van der Waals surface area (Å²) in [4.78, 5) is 13.6. The number of amides is 1. The molecule has 0 aromatic carbocycles. The molecule has 1 aliphatic rings. The molecule has 0 spiro atoms. The van der Waals surface area contributed by atoms with Gasteiger partial charge in [-0.1, -0.05) is 27.7 Å². The third kappa shape index (κ3) is 4.28. The van der Waals surface area contributed by atoms with Gasteiger partial charge in [0.1, 0.15) is 0 Å². The Hall–Kier alpha value is -0.610. The lowest BCUT2D eigenvalue weighted by atomic mass is 9.86. The lowest BCUT2D eigenvalue weighted by Crippen LogP contribution is -2.63. The Bertz CT molecular complexity index is 278. The molecule has 17 heavy (non-hydrogen) atoms. The number of carbonyl (C=O) groups excluding carboxylic acids is 1. The van der Waals surface area contributed by atoms with E-state index in [0.717, 1.165) is 6.42 Å². The summed E-state index contributed by atoms with van der Waals surface area (Å²) in [7, 11) is 0.